The molecule has 0 aromatic carbocycles. The summed E-state index contributed by atoms with van der Waals surface area (Å²) in [7, 11) is 0. The average Bonchev–Trinajstić information content (AvgIpc) is 1.69. The molecule has 0 saturated carbocycles. The van der Waals surface area contributed by atoms with Crippen molar-refractivity contribution < 1.29 is 20.7 Å². The zero-order valence-electron chi connectivity index (χ0n) is 4.28. The number of nitrogens with zero attached hydrogens (tertiary/aromatic N) is 1. The Morgan fingerprint density at radius 2 is 1.86 bits per heavy atom. The van der Waals surface area contributed by atoms with Gasteiger partial charge >= 0.3 is 55.6 Å². The normalized spacial score (nSPS) is 25.0. The topological polar surface area (TPSA) is 15.3 Å². The molecule has 2 nitrogen and oxygen atoms in total. The Hall–Kier alpha value is 0.634. The van der Waals surface area contributed by atoms with Crippen LogP contribution in [0.5, 0.6) is 0 Å². The molecule has 1 N–H and O–H groups in total. The van der Waals surface area contributed by atoms with E-state index < -0.39 is 0 Å². The van der Waals surface area contributed by atoms with Gasteiger partial charge < -0.3 is 0 Å². The molecule has 0 unspecified atom stereocenters. The monoisotopic (exact) mass is 133 g/mol. The Balaban J connectivity index is 2.12. The first-order valence-corrected chi connectivity index (χ1v) is 3.26. The van der Waals surface area contributed by atoms with Crippen LogP contribution in [0.3, 0.4) is 0 Å². The maximum absolute atomic E-state index is 3.27. The molecule has 1 rings (SSSR count). The first kappa shape index (κ1) is 5.77. The second kappa shape index (κ2) is 2.83. The molecule has 3 heteroatoms. The summed E-state index contributed by atoms with van der Waals surface area (Å²) in [5.41, 5.74) is 0. The molecule has 1 heterocycles. The van der Waals surface area contributed by atoms with Crippen LogP contribution in [0.25, 0.3) is 0 Å². The van der Waals surface area contributed by atoms with Gasteiger partial charge in [0.15, 0.2) is 0 Å². The van der Waals surface area contributed by atoms with Gasteiger partial charge in [-0.25, -0.2) is 0 Å². The van der Waals surface area contributed by atoms with Gasteiger partial charge in [-0.3, -0.25) is 0 Å². The van der Waals surface area contributed by atoms with Gasteiger partial charge in [0.25, 0.3) is 0 Å². The van der Waals surface area contributed by atoms with Crippen LogP contribution in [0.4, 0.5) is 0 Å². The maximum atomic E-state index is 3.27. The summed E-state index contributed by atoms with van der Waals surface area (Å²) < 4.78 is 2.33. The quantitative estimate of drug-likeness (QED) is 0.442. The summed E-state index contributed by atoms with van der Waals surface area (Å²) in [6, 6.07) is 0. The van der Waals surface area contributed by atoms with Crippen molar-refractivity contribution in [3.05, 3.63) is 0 Å². The molecule has 0 spiro atoms. The van der Waals surface area contributed by atoms with Crippen molar-refractivity contribution in [3.63, 3.8) is 0 Å². The molecular weight excluding hydrogens is 124 g/mol. The molecule has 0 aliphatic carbocycles. The van der Waals surface area contributed by atoms with E-state index in [0.29, 0.717) is 0 Å². The summed E-state index contributed by atoms with van der Waals surface area (Å²) in [4.78, 5) is 0. The van der Waals surface area contributed by atoms with E-state index in [-0.39, 0.29) is 0 Å². The Kier molecular flexibility index (Phi) is 2.33. The predicted molar refractivity (Wildman–Crippen MR) is 24.4 cm³/mol. The molecule has 0 aromatic heterocycles. The Labute approximate surface area is 56.0 Å². The number of nitrogens with one attached hydrogen (secondary N) is 1. The molecule has 0 amide bonds. The molecule has 39 valence electrons. The minimum atomic E-state index is 1.16. The minimum absolute atomic E-state index is 1.16. The van der Waals surface area contributed by atoms with Gasteiger partial charge in [-0.2, -0.15) is 0 Å². The standard InChI is InChI=1S/C4H9N2.Ti/c1-2-6-4-3-5-1;/h5H,1-4H2;/q-1;+1. The molecule has 1 fully saturated rings. The van der Waals surface area contributed by atoms with Gasteiger partial charge in [-0.05, 0) is 0 Å². The fourth-order valence-electron chi connectivity index (χ4n) is 0.665. The van der Waals surface area contributed by atoms with Crippen molar-refractivity contribution in [3.8, 4) is 0 Å². The van der Waals surface area contributed by atoms with Crippen LogP contribution in [0, 0.1) is 0 Å². The van der Waals surface area contributed by atoms with Crippen molar-refractivity contribution >= 4 is 0 Å². The van der Waals surface area contributed by atoms with E-state index in [9.17, 15) is 0 Å². The molecule has 0 atom stereocenters. The summed E-state index contributed by atoms with van der Waals surface area (Å²) in [5, 5.41) is 3.27. The molecule has 0 aromatic rings. The first-order chi connectivity index (χ1) is 3.39. The molecule has 0 bridgehead atoms. The van der Waals surface area contributed by atoms with E-state index in [0.717, 1.165) is 13.1 Å². The van der Waals surface area contributed by atoms with Crippen LogP contribution in [0.1, 0.15) is 0 Å². The zero-order chi connectivity index (χ0) is 5.11. The van der Waals surface area contributed by atoms with E-state index in [4.69, 9.17) is 0 Å². The molecule has 1 saturated heterocycles. The predicted octanol–water partition coefficient (Wildman–Crippen LogP) is -0.647. The van der Waals surface area contributed by atoms with Gasteiger partial charge in [-0.1, -0.05) is 0 Å². The third-order valence-electron chi connectivity index (χ3n) is 1.12. The second-order valence-electron chi connectivity index (χ2n) is 1.74. The van der Waals surface area contributed by atoms with Crippen molar-refractivity contribution in [1.82, 2.24) is 8.70 Å². The molecule has 1 aliphatic heterocycles. The van der Waals surface area contributed by atoms with Crippen LogP contribution in [0.2, 0.25) is 0 Å². The Bertz CT molecular complexity index is 51.7. The van der Waals surface area contributed by atoms with Crippen LogP contribution in [-0.4, -0.2) is 29.6 Å². The summed E-state index contributed by atoms with van der Waals surface area (Å²) in [6.07, 6.45) is 0. The third-order valence-corrected chi connectivity index (χ3v) is 1.82. The van der Waals surface area contributed by atoms with E-state index >= 15 is 0 Å². The van der Waals surface area contributed by atoms with Crippen LogP contribution >= 0.6 is 0 Å². The SMILES string of the molecule is [Ti][N]1CCNCC1. The molecular formula is C4H9N2Ti. The van der Waals surface area contributed by atoms with Gasteiger partial charge in [0.1, 0.15) is 0 Å². The van der Waals surface area contributed by atoms with Crippen molar-refractivity contribution in [2.75, 3.05) is 26.2 Å². The van der Waals surface area contributed by atoms with E-state index in [1.54, 1.807) is 0 Å². The Morgan fingerprint density at radius 1 is 1.29 bits per heavy atom. The van der Waals surface area contributed by atoms with Crippen LogP contribution < -0.4 is 5.32 Å². The second-order valence-corrected chi connectivity index (χ2v) is 2.72. The van der Waals surface area contributed by atoms with Crippen molar-refractivity contribution in [2.45, 2.75) is 0 Å². The summed E-state index contributed by atoms with van der Waals surface area (Å²) in [5.74, 6) is 0. The van der Waals surface area contributed by atoms with Gasteiger partial charge in [0.05, 0.1) is 0 Å². The fraction of sp³-hybridized carbons (Fsp3) is 1.00. The van der Waals surface area contributed by atoms with Crippen LogP contribution in [-0.2, 0) is 20.7 Å². The number of rotatable bonds is 0. The van der Waals surface area contributed by atoms with Gasteiger partial charge in [-0.15, -0.1) is 0 Å². The van der Waals surface area contributed by atoms with Crippen molar-refractivity contribution in [1.29, 1.82) is 0 Å². The molecule has 1 aliphatic rings. The summed E-state index contributed by atoms with van der Waals surface area (Å²) >= 11 is 2.15. The van der Waals surface area contributed by atoms with Crippen LogP contribution in [0.15, 0.2) is 0 Å². The molecule has 7 heavy (non-hydrogen) atoms. The summed E-state index contributed by atoms with van der Waals surface area (Å²) in [6.45, 7) is 4.74. The Morgan fingerprint density at radius 3 is 2.14 bits per heavy atom. The van der Waals surface area contributed by atoms with E-state index in [2.05, 4.69) is 29.4 Å². The van der Waals surface area contributed by atoms with Gasteiger partial charge in [0, 0.05) is 0 Å². The van der Waals surface area contributed by atoms with E-state index in [1.807, 2.05) is 0 Å². The number of hydrogen-bond donors (Lipinski definition) is 1. The number of piperazine rings is 1. The zero-order valence-corrected chi connectivity index (χ0v) is 5.84. The first-order valence-electron chi connectivity index (χ1n) is 2.56. The fourth-order valence-corrected chi connectivity index (χ4v) is 1.01. The molecule has 0 radical (unpaired) electrons. The number of hydrogen-bond acceptors (Lipinski definition) is 2. The average molecular weight is 133 g/mol. The van der Waals surface area contributed by atoms with E-state index in [1.165, 1.54) is 13.1 Å². The third kappa shape index (κ3) is 1.91. The van der Waals surface area contributed by atoms with Crippen molar-refractivity contribution in [2.24, 2.45) is 0 Å². The van der Waals surface area contributed by atoms with Gasteiger partial charge in [0.2, 0.25) is 0 Å².